The molecular formula is C14H20N2O5. The number of hydrogen-bond donors (Lipinski definition) is 4. The van der Waals surface area contributed by atoms with Crippen molar-refractivity contribution in [2.75, 3.05) is 13.2 Å². The van der Waals surface area contributed by atoms with E-state index >= 15 is 0 Å². The minimum atomic E-state index is -1.39. The molecule has 0 aliphatic rings. The number of carbonyl (C=O) groups excluding carboxylic acids is 1. The van der Waals surface area contributed by atoms with Crippen LogP contribution in [0.4, 0.5) is 4.79 Å². The van der Waals surface area contributed by atoms with Gasteiger partial charge in [0.15, 0.2) is 6.04 Å². The van der Waals surface area contributed by atoms with Crippen LogP contribution in [-0.4, -0.2) is 57.5 Å². The lowest BCUT2D eigenvalue weighted by Crippen LogP contribution is -2.52. The van der Waals surface area contributed by atoms with Crippen molar-refractivity contribution >= 4 is 12.0 Å². The summed E-state index contributed by atoms with van der Waals surface area (Å²) in [5, 5.41) is 29.6. The van der Waals surface area contributed by atoms with E-state index < -0.39 is 24.1 Å². The first-order chi connectivity index (χ1) is 9.95. The summed E-state index contributed by atoms with van der Waals surface area (Å²) in [6.45, 7) is 1.34. The summed E-state index contributed by atoms with van der Waals surface area (Å²) in [4.78, 5) is 24.3. The van der Waals surface area contributed by atoms with Gasteiger partial charge in [-0.3, -0.25) is 0 Å². The average Bonchev–Trinajstić information content (AvgIpc) is 2.44. The molecule has 0 bridgehead atoms. The first-order valence-electron chi connectivity index (χ1n) is 6.56. The molecule has 0 aliphatic heterocycles. The highest BCUT2D eigenvalue weighted by atomic mass is 16.4. The third-order valence-electron chi connectivity index (χ3n) is 2.90. The highest BCUT2D eigenvalue weighted by Crippen LogP contribution is 2.05. The quantitative estimate of drug-likeness (QED) is 0.567. The van der Waals surface area contributed by atoms with E-state index in [-0.39, 0.29) is 19.7 Å². The number of aliphatic hydroxyl groups excluding tert-OH is 2. The summed E-state index contributed by atoms with van der Waals surface area (Å²) in [6, 6.07) is 7.08. The van der Waals surface area contributed by atoms with Gasteiger partial charge in [-0.15, -0.1) is 0 Å². The van der Waals surface area contributed by atoms with Crippen LogP contribution >= 0.6 is 0 Å². The fraction of sp³-hybridized carbons (Fsp3) is 0.429. The Kier molecular flexibility index (Phi) is 6.64. The third-order valence-corrected chi connectivity index (χ3v) is 2.90. The molecular weight excluding hydrogens is 276 g/mol. The Labute approximate surface area is 122 Å². The Balaban J connectivity index is 2.75. The molecule has 0 saturated carbocycles. The van der Waals surface area contributed by atoms with E-state index in [1.54, 1.807) is 0 Å². The SMILES string of the molecule is CC(O)C(NC(=O)N(CCO)Cc1ccccc1)C(=O)O. The maximum absolute atomic E-state index is 12.1. The van der Waals surface area contributed by atoms with Gasteiger partial charge in [0.25, 0.3) is 0 Å². The Morgan fingerprint density at radius 3 is 2.38 bits per heavy atom. The van der Waals surface area contributed by atoms with Crippen LogP contribution in [-0.2, 0) is 11.3 Å². The molecule has 1 aromatic rings. The van der Waals surface area contributed by atoms with Gasteiger partial charge >= 0.3 is 12.0 Å². The van der Waals surface area contributed by atoms with Crippen molar-refractivity contribution in [1.82, 2.24) is 10.2 Å². The van der Waals surface area contributed by atoms with Crippen molar-refractivity contribution in [1.29, 1.82) is 0 Å². The summed E-state index contributed by atoms with van der Waals surface area (Å²) >= 11 is 0. The number of aliphatic hydroxyl groups is 2. The summed E-state index contributed by atoms with van der Waals surface area (Å²) in [7, 11) is 0. The molecule has 7 heteroatoms. The maximum Gasteiger partial charge on any atom is 0.328 e. The van der Waals surface area contributed by atoms with Gasteiger partial charge in [-0.1, -0.05) is 30.3 Å². The number of urea groups is 1. The lowest BCUT2D eigenvalue weighted by molar-refractivity contribution is -0.141. The zero-order valence-corrected chi connectivity index (χ0v) is 11.8. The minimum Gasteiger partial charge on any atom is -0.480 e. The molecule has 116 valence electrons. The van der Waals surface area contributed by atoms with E-state index in [4.69, 9.17) is 10.2 Å². The molecule has 2 unspecified atom stereocenters. The first-order valence-corrected chi connectivity index (χ1v) is 6.56. The zero-order valence-electron chi connectivity index (χ0n) is 11.8. The molecule has 0 heterocycles. The van der Waals surface area contributed by atoms with Gasteiger partial charge in [0.1, 0.15) is 0 Å². The summed E-state index contributed by atoms with van der Waals surface area (Å²) in [6.07, 6.45) is -1.22. The molecule has 0 aliphatic carbocycles. The minimum absolute atomic E-state index is 0.0624. The van der Waals surface area contributed by atoms with E-state index in [2.05, 4.69) is 5.32 Å². The molecule has 0 aromatic heterocycles. The van der Waals surface area contributed by atoms with Crippen LogP contribution in [0.3, 0.4) is 0 Å². The van der Waals surface area contributed by atoms with Crippen LogP contribution in [0.5, 0.6) is 0 Å². The Hall–Kier alpha value is -2.12. The standard InChI is InChI=1S/C14H20N2O5/c1-10(18)12(13(19)20)15-14(21)16(7-8-17)9-11-5-3-2-4-6-11/h2-6,10,12,17-18H,7-9H2,1H3,(H,15,21)(H,19,20). The van der Waals surface area contributed by atoms with Crippen LogP contribution in [0.2, 0.25) is 0 Å². The molecule has 21 heavy (non-hydrogen) atoms. The van der Waals surface area contributed by atoms with Crippen molar-refractivity contribution in [3.63, 3.8) is 0 Å². The van der Waals surface area contributed by atoms with Crippen LogP contribution < -0.4 is 5.32 Å². The largest absolute Gasteiger partial charge is 0.480 e. The van der Waals surface area contributed by atoms with E-state index in [0.717, 1.165) is 5.56 Å². The topological polar surface area (TPSA) is 110 Å². The Bertz CT molecular complexity index is 464. The highest BCUT2D eigenvalue weighted by Gasteiger charge is 2.27. The van der Waals surface area contributed by atoms with Gasteiger partial charge in [-0.25, -0.2) is 9.59 Å². The maximum atomic E-state index is 12.1. The third kappa shape index (κ3) is 5.41. The normalized spacial score (nSPS) is 13.3. The number of nitrogens with one attached hydrogen (secondary N) is 1. The lowest BCUT2D eigenvalue weighted by atomic mass is 10.2. The second-order valence-electron chi connectivity index (χ2n) is 4.64. The van der Waals surface area contributed by atoms with Crippen LogP contribution in [0.25, 0.3) is 0 Å². The van der Waals surface area contributed by atoms with E-state index in [1.807, 2.05) is 30.3 Å². The van der Waals surface area contributed by atoms with Crippen molar-refractivity contribution in [2.45, 2.75) is 25.6 Å². The second kappa shape index (κ2) is 8.23. The van der Waals surface area contributed by atoms with Crippen LogP contribution in [0, 0.1) is 0 Å². The van der Waals surface area contributed by atoms with Gasteiger partial charge in [0.2, 0.25) is 0 Å². The molecule has 1 aromatic carbocycles. The fourth-order valence-corrected chi connectivity index (χ4v) is 1.79. The number of carbonyl (C=O) groups is 2. The number of carboxylic acid groups (broad SMARTS) is 1. The van der Waals surface area contributed by atoms with Crippen LogP contribution in [0.1, 0.15) is 12.5 Å². The zero-order chi connectivity index (χ0) is 15.8. The van der Waals surface area contributed by atoms with E-state index in [0.29, 0.717) is 0 Å². The molecule has 4 N–H and O–H groups in total. The fourth-order valence-electron chi connectivity index (χ4n) is 1.79. The second-order valence-corrected chi connectivity index (χ2v) is 4.64. The molecule has 0 radical (unpaired) electrons. The van der Waals surface area contributed by atoms with Crippen molar-refractivity contribution in [3.8, 4) is 0 Å². The molecule has 1 rings (SSSR count). The monoisotopic (exact) mass is 296 g/mol. The smallest absolute Gasteiger partial charge is 0.328 e. The number of amides is 2. The Morgan fingerprint density at radius 1 is 1.29 bits per heavy atom. The summed E-state index contributed by atoms with van der Waals surface area (Å²) < 4.78 is 0. The number of nitrogens with zero attached hydrogens (tertiary/aromatic N) is 1. The predicted molar refractivity (Wildman–Crippen MR) is 75.6 cm³/mol. The number of hydrogen-bond acceptors (Lipinski definition) is 4. The summed E-state index contributed by atoms with van der Waals surface area (Å²) in [5.41, 5.74) is 0.852. The van der Waals surface area contributed by atoms with Crippen LogP contribution in [0.15, 0.2) is 30.3 Å². The van der Waals surface area contributed by atoms with Gasteiger partial charge in [0.05, 0.1) is 12.7 Å². The first kappa shape index (κ1) is 16.9. The molecule has 0 spiro atoms. The number of benzene rings is 1. The molecule has 0 saturated heterocycles. The number of aliphatic carboxylic acids is 1. The molecule has 2 atom stereocenters. The van der Waals surface area contributed by atoms with Crippen molar-refractivity contribution in [2.24, 2.45) is 0 Å². The van der Waals surface area contributed by atoms with E-state index in [9.17, 15) is 14.7 Å². The van der Waals surface area contributed by atoms with E-state index in [1.165, 1.54) is 11.8 Å². The Morgan fingerprint density at radius 2 is 1.90 bits per heavy atom. The van der Waals surface area contributed by atoms with Gasteiger partial charge < -0.3 is 25.5 Å². The average molecular weight is 296 g/mol. The number of carboxylic acids is 1. The lowest BCUT2D eigenvalue weighted by Gasteiger charge is -2.25. The highest BCUT2D eigenvalue weighted by molar-refractivity contribution is 5.83. The van der Waals surface area contributed by atoms with Crippen molar-refractivity contribution in [3.05, 3.63) is 35.9 Å². The number of rotatable bonds is 7. The molecule has 2 amide bonds. The predicted octanol–water partition coefficient (Wildman–Crippen LogP) is 0.0245. The molecule has 0 fully saturated rings. The summed E-state index contributed by atoms with van der Waals surface area (Å²) in [5.74, 6) is -1.32. The molecule has 7 nitrogen and oxygen atoms in total. The van der Waals surface area contributed by atoms with Gasteiger partial charge in [-0.05, 0) is 12.5 Å². The van der Waals surface area contributed by atoms with Gasteiger partial charge in [0, 0.05) is 13.1 Å². The van der Waals surface area contributed by atoms with Crippen molar-refractivity contribution < 1.29 is 24.9 Å². The van der Waals surface area contributed by atoms with Gasteiger partial charge in [-0.2, -0.15) is 0 Å².